The van der Waals surface area contributed by atoms with Crippen molar-refractivity contribution < 1.29 is 19.4 Å². The molecule has 0 heterocycles. The molecule has 1 aromatic rings. The van der Waals surface area contributed by atoms with E-state index in [1.807, 2.05) is 18.2 Å². The lowest BCUT2D eigenvalue weighted by Crippen LogP contribution is -2.01. The van der Waals surface area contributed by atoms with Crippen LogP contribution in [0.5, 0.6) is 5.75 Å². The van der Waals surface area contributed by atoms with Crippen LogP contribution in [0.4, 0.5) is 0 Å². The van der Waals surface area contributed by atoms with Gasteiger partial charge in [-0.25, -0.2) is 4.79 Å². The first kappa shape index (κ1) is 23.8. The van der Waals surface area contributed by atoms with Crippen molar-refractivity contribution in [3.63, 3.8) is 0 Å². The Balaban J connectivity index is 2.78. The third-order valence-corrected chi connectivity index (χ3v) is 4.34. The monoisotopic (exact) mass is 386 g/mol. The lowest BCUT2D eigenvalue weighted by Gasteiger charge is -2.11. The highest BCUT2D eigenvalue weighted by Crippen LogP contribution is 2.24. The van der Waals surface area contributed by atoms with Gasteiger partial charge in [0.25, 0.3) is 0 Å². The Labute approximate surface area is 169 Å². The molecule has 0 radical (unpaired) electrons. The van der Waals surface area contributed by atoms with Crippen LogP contribution < -0.4 is 4.74 Å². The van der Waals surface area contributed by atoms with Gasteiger partial charge >= 0.3 is 5.97 Å². The van der Waals surface area contributed by atoms with Gasteiger partial charge in [-0.15, -0.1) is 0 Å². The fourth-order valence-corrected chi connectivity index (χ4v) is 2.72. The molecule has 0 fully saturated rings. The van der Waals surface area contributed by atoms with Crippen molar-refractivity contribution in [2.75, 3.05) is 20.3 Å². The molecule has 0 aliphatic carbocycles. The molecule has 0 aliphatic heterocycles. The van der Waals surface area contributed by atoms with E-state index in [-0.39, 0.29) is 6.61 Å². The van der Waals surface area contributed by atoms with Gasteiger partial charge in [0.2, 0.25) is 0 Å². The van der Waals surface area contributed by atoms with Gasteiger partial charge in [0.1, 0.15) is 5.75 Å². The number of methoxy groups -OCH3 is 1. The first-order chi connectivity index (χ1) is 13.7. The van der Waals surface area contributed by atoms with Crippen LogP contribution >= 0.6 is 0 Å². The Morgan fingerprint density at radius 1 is 1.11 bits per heavy atom. The van der Waals surface area contributed by atoms with Gasteiger partial charge in [0.05, 0.1) is 13.7 Å². The molecule has 0 aromatic heterocycles. The van der Waals surface area contributed by atoms with Gasteiger partial charge in [-0.2, -0.15) is 0 Å². The summed E-state index contributed by atoms with van der Waals surface area (Å²) in [6.07, 6.45) is 12.7. The molecule has 1 aromatic carbocycles. The van der Waals surface area contributed by atoms with E-state index in [0.717, 1.165) is 49.0 Å². The van der Waals surface area contributed by atoms with Gasteiger partial charge < -0.3 is 14.6 Å². The second kappa shape index (κ2) is 15.8. The zero-order valence-electron chi connectivity index (χ0n) is 17.3. The Kier molecular flexibility index (Phi) is 13.4. The van der Waals surface area contributed by atoms with Crippen LogP contribution in [-0.2, 0) is 9.53 Å². The summed E-state index contributed by atoms with van der Waals surface area (Å²) in [4.78, 5) is 11.5. The normalized spacial score (nSPS) is 10.5. The third-order valence-electron chi connectivity index (χ3n) is 4.34. The molecule has 0 spiro atoms. The summed E-state index contributed by atoms with van der Waals surface area (Å²) in [7, 11) is 1.36. The summed E-state index contributed by atoms with van der Waals surface area (Å²) >= 11 is 0. The highest BCUT2D eigenvalue weighted by atomic mass is 16.5. The first-order valence-electron chi connectivity index (χ1n) is 10.3. The fourth-order valence-electron chi connectivity index (χ4n) is 2.72. The average molecular weight is 387 g/mol. The van der Waals surface area contributed by atoms with Crippen molar-refractivity contribution in [1.29, 1.82) is 0 Å². The van der Waals surface area contributed by atoms with Crippen molar-refractivity contribution in [3.8, 4) is 17.6 Å². The molecule has 4 nitrogen and oxygen atoms in total. The quantitative estimate of drug-likeness (QED) is 0.221. The maximum atomic E-state index is 11.5. The minimum atomic E-state index is -0.410. The van der Waals surface area contributed by atoms with E-state index in [0.29, 0.717) is 6.61 Å². The van der Waals surface area contributed by atoms with E-state index >= 15 is 0 Å². The molecule has 1 rings (SSSR count). The molecule has 0 saturated carbocycles. The van der Waals surface area contributed by atoms with E-state index in [2.05, 4.69) is 18.8 Å². The lowest BCUT2D eigenvalue weighted by atomic mass is 10.1. The van der Waals surface area contributed by atoms with Crippen molar-refractivity contribution in [2.45, 2.75) is 64.7 Å². The molecule has 0 aliphatic rings. The number of benzene rings is 1. The summed E-state index contributed by atoms with van der Waals surface area (Å²) < 4.78 is 10.7. The largest absolute Gasteiger partial charge is 0.493 e. The van der Waals surface area contributed by atoms with Gasteiger partial charge in [0.15, 0.2) is 0 Å². The molecule has 0 atom stereocenters. The smallest absolute Gasteiger partial charge is 0.330 e. The number of carbonyl (C=O) groups is 1. The topological polar surface area (TPSA) is 55.8 Å². The molecule has 0 bridgehead atoms. The number of hydrogen-bond acceptors (Lipinski definition) is 4. The molecule has 28 heavy (non-hydrogen) atoms. The Morgan fingerprint density at radius 3 is 2.64 bits per heavy atom. The minimum absolute atomic E-state index is 0.191. The Hall–Kier alpha value is -2.25. The van der Waals surface area contributed by atoms with E-state index in [9.17, 15) is 4.79 Å². The van der Waals surface area contributed by atoms with E-state index in [1.165, 1.54) is 38.9 Å². The van der Waals surface area contributed by atoms with E-state index in [4.69, 9.17) is 14.6 Å². The molecule has 0 unspecified atom stereocenters. The standard InChI is InChI=1S/C24H34O4/c1-3-4-5-6-9-12-20-28-23-16-13-15-21(14-10-7-8-11-19-25)22(23)17-18-24(26)27-2/h13,15-18,25H,3-9,11-12,19-20H2,1-2H3. The van der Waals surface area contributed by atoms with Gasteiger partial charge in [-0.05, 0) is 37.5 Å². The first-order valence-corrected chi connectivity index (χ1v) is 10.3. The summed E-state index contributed by atoms with van der Waals surface area (Å²) in [5.41, 5.74) is 1.62. The number of hydrogen-bond donors (Lipinski definition) is 1. The van der Waals surface area contributed by atoms with E-state index < -0.39 is 5.97 Å². The van der Waals surface area contributed by atoms with Crippen LogP contribution in [0.25, 0.3) is 6.08 Å². The Bertz CT molecular complexity index is 652. The molecular weight excluding hydrogens is 352 g/mol. The molecule has 0 amide bonds. The summed E-state index contributed by atoms with van der Waals surface area (Å²) in [6.45, 7) is 3.06. The fraction of sp³-hybridized carbons (Fsp3) is 0.542. The van der Waals surface area contributed by atoms with Gasteiger partial charge in [-0.1, -0.05) is 56.9 Å². The van der Waals surface area contributed by atoms with Crippen LogP contribution in [0, 0.1) is 11.8 Å². The predicted molar refractivity (Wildman–Crippen MR) is 114 cm³/mol. The Morgan fingerprint density at radius 2 is 1.89 bits per heavy atom. The van der Waals surface area contributed by atoms with Crippen molar-refractivity contribution in [3.05, 3.63) is 35.4 Å². The maximum Gasteiger partial charge on any atom is 0.330 e. The average Bonchev–Trinajstić information content (AvgIpc) is 2.71. The second-order valence-electron chi connectivity index (χ2n) is 6.67. The summed E-state index contributed by atoms with van der Waals surface area (Å²) in [5, 5.41) is 8.85. The third kappa shape index (κ3) is 10.2. The molecule has 154 valence electrons. The zero-order valence-corrected chi connectivity index (χ0v) is 17.3. The highest BCUT2D eigenvalue weighted by Gasteiger charge is 2.07. The number of aliphatic hydroxyl groups is 1. The maximum absolute atomic E-state index is 11.5. The number of aliphatic hydroxyl groups excluding tert-OH is 1. The minimum Gasteiger partial charge on any atom is -0.493 e. The van der Waals surface area contributed by atoms with Crippen LogP contribution in [0.3, 0.4) is 0 Å². The highest BCUT2D eigenvalue weighted by molar-refractivity contribution is 5.88. The zero-order chi connectivity index (χ0) is 20.5. The SMILES string of the molecule is CCCCCCCCOc1cccc(C#CCCCCO)c1C=CC(=O)OC. The molecule has 0 saturated heterocycles. The van der Waals surface area contributed by atoms with Crippen LogP contribution in [0.1, 0.15) is 75.8 Å². The van der Waals surface area contributed by atoms with Gasteiger partial charge in [0, 0.05) is 30.2 Å². The van der Waals surface area contributed by atoms with Crippen molar-refractivity contribution in [2.24, 2.45) is 0 Å². The lowest BCUT2D eigenvalue weighted by molar-refractivity contribution is -0.134. The number of unbranched alkanes of at least 4 members (excludes halogenated alkanes) is 7. The molecule has 4 heteroatoms. The number of carbonyl (C=O) groups excluding carboxylic acids is 1. The summed E-state index contributed by atoms with van der Waals surface area (Å²) in [6, 6.07) is 5.75. The number of ether oxygens (including phenoxy) is 2. The molecule has 1 N–H and O–H groups in total. The van der Waals surface area contributed by atoms with Gasteiger partial charge in [-0.3, -0.25) is 0 Å². The summed E-state index contributed by atoms with van der Waals surface area (Å²) in [5.74, 6) is 6.62. The van der Waals surface area contributed by atoms with Crippen LogP contribution in [-0.4, -0.2) is 31.4 Å². The molecular formula is C24H34O4. The number of rotatable bonds is 13. The van der Waals surface area contributed by atoms with Crippen LogP contribution in [0.2, 0.25) is 0 Å². The number of esters is 1. The van der Waals surface area contributed by atoms with Crippen molar-refractivity contribution in [1.82, 2.24) is 0 Å². The second-order valence-corrected chi connectivity index (χ2v) is 6.67. The van der Waals surface area contributed by atoms with Crippen molar-refractivity contribution >= 4 is 12.0 Å². The van der Waals surface area contributed by atoms with Crippen LogP contribution in [0.15, 0.2) is 24.3 Å². The predicted octanol–water partition coefficient (Wildman–Crippen LogP) is 5.13. The van der Waals surface area contributed by atoms with E-state index in [1.54, 1.807) is 6.08 Å².